The van der Waals surface area contributed by atoms with Crippen molar-refractivity contribution in [1.29, 1.82) is 0 Å². The molecule has 3 aromatic rings. The van der Waals surface area contributed by atoms with Gasteiger partial charge in [0.2, 0.25) is 0 Å². The van der Waals surface area contributed by atoms with Crippen molar-refractivity contribution in [3.8, 4) is 0 Å². The number of benzene rings is 1. The fraction of sp³-hybridized carbons (Fsp3) is 0.176. The number of nitrogens with zero attached hydrogens (tertiary/aromatic N) is 1. The van der Waals surface area contributed by atoms with E-state index >= 15 is 0 Å². The third-order valence-electron chi connectivity index (χ3n) is 3.53. The highest BCUT2D eigenvalue weighted by Gasteiger charge is 2.05. The number of halogens is 1. The van der Waals surface area contributed by atoms with Crippen LogP contribution in [0, 0.1) is 0 Å². The Kier molecular flexibility index (Phi) is 5.55. The minimum Gasteiger partial charge on any atom is -0.361 e. The molecule has 0 atom stereocenters. The normalized spacial score (nSPS) is 10.2. The van der Waals surface area contributed by atoms with Crippen LogP contribution < -0.4 is 5.32 Å². The third-order valence-corrected chi connectivity index (χ3v) is 3.53. The number of aromatic nitrogens is 2. The van der Waals surface area contributed by atoms with Gasteiger partial charge in [-0.05, 0) is 36.6 Å². The summed E-state index contributed by atoms with van der Waals surface area (Å²) in [5, 5.41) is 4.19. The Morgan fingerprint density at radius 2 is 1.91 bits per heavy atom. The van der Waals surface area contributed by atoms with E-state index in [0.29, 0.717) is 12.1 Å². The molecule has 2 N–H and O–H groups in total. The number of hydrogen-bond acceptors (Lipinski definition) is 2. The second-order valence-electron chi connectivity index (χ2n) is 4.95. The van der Waals surface area contributed by atoms with Gasteiger partial charge in [-0.1, -0.05) is 18.2 Å². The first-order valence-corrected chi connectivity index (χ1v) is 7.08. The molecule has 4 nitrogen and oxygen atoms in total. The number of carbonyl (C=O) groups excluding carboxylic acids is 1. The molecule has 2 heterocycles. The number of pyridine rings is 1. The van der Waals surface area contributed by atoms with Crippen molar-refractivity contribution in [3.05, 3.63) is 66.1 Å². The minimum atomic E-state index is -0.0451. The molecule has 0 aliphatic heterocycles. The van der Waals surface area contributed by atoms with Crippen molar-refractivity contribution in [2.75, 3.05) is 6.54 Å². The van der Waals surface area contributed by atoms with Crippen LogP contribution in [0.3, 0.4) is 0 Å². The summed E-state index contributed by atoms with van der Waals surface area (Å²) in [4.78, 5) is 19.0. The van der Waals surface area contributed by atoms with E-state index in [4.69, 9.17) is 0 Å². The first kappa shape index (κ1) is 16.0. The van der Waals surface area contributed by atoms with Gasteiger partial charge in [-0.25, -0.2) is 0 Å². The van der Waals surface area contributed by atoms with Crippen LogP contribution in [0.2, 0.25) is 0 Å². The maximum absolute atomic E-state index is 11.9. The molecule has 0 spiro atoms. The van der Waals surface area contributed by atoms with Gasteiger partial charge in [-0.3, -0.25) is 9.78 Å². The molecule has 0 saturated carbocycles. The predicted molar refractivity (Wildman–Crippen MR) is 90.4 cm³/mol. The quantitative estimate of drug-likeness (QED) is 0.709. The monoisotopic (exact) mass is 315 g/mol. The molecule has 0 aliphatic carbocycles. The van der Waals surface area contributed by atoms with Crippen LogP contribution in [-0.2, 0) is 6.42 Å². The van der Waals surface area contributed by atoms with Gasteiger partial charge in [0.05, 0.1) is 0 Å². The number of nitrogens with one attached hydrogen (secondary N) is 2. The number of hydrogen-bond donors (Lipinski definition) is 2. The van der Waals surface area contributed by atoms with Gasteiger partial charge >= 0.3 is 0 Å². The van der Waals surface area contributed by atoms with Gasteiger partial charge in [0, 0.05) is 41.6 Å². The van der Waals surface area contributed by atoms with E-state index in [2.05, 4.69) is 33.6 Å². The number of para-hydroxylation sites is 1. The molecule has 0 bridgehead atoms. The fourth-order valence-corrected chi connectivity index (χ4v) is 2.42. The molecule has 0 aliphatic rings. The molecule has 0 unspecified atom stereocenters. The van der Waals surface area contributed by atoms with Crippen LogP contribution in [0.5, 0.6) is 0 Å². The highest BCUT2D eigenvalue weighted by Crippen LogP contribution is 2.18. The van der Waals surface area contributed by atoms with E-state index in [-0.39, 0.29) is 18.3 Å². The Hall–Kier alpha value is -2.33. The maximum Gasteiger partial charge on any atom is 0.251 e. The lowest BCUT2D eigenvalue weighted by molar-refractivity contribution is 0.0953. The SMILES string of the molecule is Cl.O=C(NCCCc1c[nH]c2ccccc12)c1ccncc1. The number of aryl methyl sites for hydroxylation is 1. The molecule has 22 heavy (non-hydrogen) atoms. The first-order valence-electron chi connectivity index (χ1n) is 7.08. The Morgan fingerprint density at radius 3 is 2.73 bits per heavy atom. The summed E-state index contributed by atoms with van der Waals surface area (Å²) in [6.45, 7) is 0.667. The number of rotatable bonds is 5. The number of carbonyl (C=O) groups is 1. The van der Waals surface area contributed by atoms with E-state index in [9.17, 15) is 4.79 Å². The van der Waals surface area contributed by atoms with E-state index in [0.717, 1.165) is 18.4 Å². The van der Waals surface area contributed by atoms with Gasteiger partial charge in [0.1, 0.15) is 0 Å². The summed E-state index contributed by atoms with van der Waals surface area (Å²) < 4.78 is 0. The van der Waals surface area contributed by atoms with Crippen LogP contribution in [0.25, 0.3) is 10.9 Å². The van der Waals surface area contributed by atoms with Crippen LogP contribution in [0.1, 0.15) is 22.3 Å². The Bertz CT molecular complexity index is 740. The fourth-order valence-electron chi connectivity index (χ4n) is 2.42. The van der Waals surface area contributed by atoms with Gasteiger partial charge < -0.3 is 10.3 Å². The zero-order chi connectivity index (χ0) is 14.5. The maximum atomic E-state index is 11.9. The van der Waals surface area contributed by atoms with Gasteiger partial charge in [0.25, 0.3) is 5.91 Å². The van der Waals surface area contributed by atoms with Crippen LogP contribution in [0.15, 0.2) is 55.0 Å². The first-order chi connectivity index (χ1) is 10.3. The average molecular weight is 316 g/mol. The third kappa shape index (κ3) is 3.65. The second kappa shape index (κ2) is 7.61. The summed E-state index contributed by atoms with van der Waals surface area (Å²) in [7, 11) is 0. The average Bonchev–Trinajstić information content (AvgIpc) is 2.95. The number of fused-ring (bicyclic) bond motifs is 1. The standard InChI is InChI=1S/C17H17N3O.ClH/c21-17(13-7-10-18-11-8-13)19-9-3-4-14-12-20-16-6-2-1-5-15(14)16;/h1-2,5-8,10-12,20H,3-4,9H2,(H,19,21);1H. The van der Waals surface area contributed by atoms with Crippen LogP contribution in [0.4, 0.5) is 0 Å². The summed E-state index contributed by atoms with van der Waals surface area (Å²) >= 11 is 0. The molecule has 3 rings (SSSR count). The molecule has 0 radical (unpaired) electrons. The van der Waals surface area contributed by atoms with E-state index in [1.165, 1.54) is 10.9 Å². The lowest BCUT2D eigenvalue weighted by Crippen LogP contribution is -2.24. The molecule has 0 fully saturated rings. The van der Waals surface area contributed by atoms with Gasteiger partial charge in [-0.2, -0.15) is 0 Å². The van der Waals surface area contributed by atoms with Crippen molar-refractivity contribution < 1.29 is 4.79 Å². The summed E-state index contributed by atoms with van der Waals surface area (Å²) in [5.74, 6) is -0.0451. The van der Waals surface area contributed by atoms with Crippen LogP contribution >= 0.6 is 12.4 Å². The Balaban J connectivity index is 0.00000176. The number of amides is 1. The van der Waals surface area contributed by atoms with E-state index < -0.39 is 0 Å². The Labute approximate surface area is 135 Å². The second-order valence-corrected chi connectivity index (χ2v) is 4.95. The molecule has 1 aromatic carbocycles. The summed E-state index contributed by atoms with van der Waals surface area (Å²) in [6.07, 6.45) is 7.16. The molecular weight excluding hydrogens is 298 g/mol. The molecule has 2 aromatic heterocycles. The molecule has 0 saturated heterocycles. The largest absolute Gasteiger partial charge is 0.361 e. The van der Waals surface area contributed by atoms with Crippen molar-refractivity contribution in [3.63, 3.8) is 0 Å². The minimum absolute atomic E-state index is 0. The molecule has 114 valence electrons. The molecule has 5 heteroatoms. The van der Waals surface area contributed by atoms with Crippen LogP contribution in [-0.4, -0.2) is 22.4 Å². The van der Waals surface area contributed by atoms with E-state index in [1.54, 1.807) is 24.5 Å². The topological polar surface area (TPSA) is 57.8 Å². The summed E-state index contributed by atoms with van der Waals surface area (Å²) in [6, 6.07) is 11.7. The van der Waals surface area contributed by atoms with Crippen molar-refractivity contribution >= 4 is 29.2 Å². The number of H-pyrrole nitrogens is 1. The highest BCUT2D eigenvalue weighted by atomic mass is 35.5. The van der Waals surface area contributed by atoms with Gasteiger partial charge in [-0.15, -0.1) is 12.4 Å². The summed E-state index contributed by atoms with van der Waals surface area (Å²) in [5.41, 5.74) is 3.11. The molecular formula is C17H18ClN3O. The lowest BCUT2D eigenvalue weighted by atomic mass is 10.1. The molecule has 1 amide bonds. The van der Waals surface area contributed by atoms with Gasteiger partial charge in [0.15, 0.2) is 0 Å². The zero-order valence-electron chi connectivity index (χ0n) is 12.1. The predicted octanol–water partition coefficient (Wildman–Crippen LogP) is 3.35. The zero-order valence-corrected chi connectivity index (χ0v) is 12.9. The van der Waals surface area contributed by atoms with E-state index in [1.807, 2.05) is 12.1 Å². The highest BCUT2D eigenvalue weighted by molar-refractivity contribution is 5.93. The smallest absolute Gasteiger partial charge is 0.251 e. The van der Waals surface area contributed by atoms with Crippen molar-refractivity contribution in [2.24, 2.45) is 0 Å². The number of aromatic amines is 1. The van der Waals surface area contributed by atoms with Crippen molar-refractivity contribution in [1.82, 2.24) is 15.3 Å². The van der Waals surface area contributed by atoms with Crippen molar-refractivity contribution in [2.45, 2.75) is 12.8 Å². The lowest BCUT2D eigenvalue weighted by Gasteiger charge is -2.04. The Morgan fingerprint density at radius 1 is 1.14 bits per heavy atom.